The Kier molecular flexibility index (Phi) is 15.7. The van der Waals surface area contributed by atoms with E-state index in [4.69, 9.17) is 10.5 Å². The second-order valence-electron chi connectivity index (χ2n) is 5.87. The molecule has 0 fully saturated rings. The molecule has 0 aromatic heterocycles. The lowest BCUT2D eigenvalue weighted by molar-refractivity contribution is 0.219. The van der Waals surface area contributed by atoms with E-state index in [1.165, 1.54) is 11.1 Å². The van der Waals surface area contributed by atoms with Crippen LogP contribution in [-0.2, 0) is 4.74 Å². The first-order valence-electron chi connectivity index (χ1n) is 10.8. The van der Waals surface area contributed by atoms with Gasteiger partial charge in [-0.2, -0.15) is 0 Å². The van der Waals surface area contributed by atoms with E-state index in [0.717, 1.165) is 36.5 Å². The fourth-order valence-corrected chi connectivity index (χ4v) is 2.37. The monoisotopic (exact) mass is 393 g/mol. The van der Waals surface area contributed by atoms with Gasteiger partial charge in [0, 0.05) is 5.69 Å². The van der Waals surface area contributed by atoms with E-state index in [0.29, 0.717) is 0 Å². The summed E-state index contributed by atoms with van der Waals surface area (Å²) in [5.74, 6) is 0.894. The van der Waals surface area contributed by atoms with Crippen LogP contribution in [0.15, 0.2) is 78.6 Å². The molecular formula is C27H39NO. The van der Waals surface area contributed by atoms with Crippen molar-refractivity contribution in [2.24, 2.45) is 0 Å². The van der Waals surface area contributed by atoms with Crippen molar-refractivity contribution >= 4 is 11.8 Å². The first-order valence-corrected chi connectivity index (χ1v) is 10.8. The molecule has 2 rings (SSSR count). The summed E-state index contributed by atoms with van der Waals surface area (Å²) in [7, 11) is 0. The van der Waals surface area contributed by atoms with Crippen molar-refractivity contribution in [3.05, 3.63) is 84.2 Å². The SMILES string of the molecule is CC.CC.C\C=C/C(=C\C=C\c1ccc(-c2ccc(N)cc2)cc1)OCCCC. The molecule has 158 valence electrons. The van der Waals surface area contributed by atoms with E-state index in [-0.39, 0.29) is 0 Å². The summed E-state index contributed by atoms with van der Waals surface area (Å²) in [5.41, 5.74) is 10.0. The third-order valence-electron chi connectivity index (χ3n) is 3.80. The summed E-state index contributed by atoms with van der Waals surface area (Å²) in [6, 6.07) is 16.4. The summed E-state index contributed by atoms with van der Waals surface area (Å²) in [5, 5.41) is 0. The third-order valence-corrected chi connectivity index (χ3v) is 3.80. The minimum absolute atomic E-state index is 0.761. The topological polar surface area (TPSA) is 35.2 Å². The van der Waals surface area contributed by atoms with Crippen LogP contribution in [0.1, 0.15) is 59.9 Å². The van der Waals surface area contributed by atoms with E-state index >= 15 is 0 Å². The Morgan fingerprint density at radius 1 is 0.897 bits per heavy atom. The fraction of sp³-hybridized carbons (Fsp3) is 0.333. The lowest BCUT2D eigenvalue weighted by Gasteiger charge is -2.05. The van der Waals surface area contributed by atoms with Crippen molar-refractivity contribution in [1.29, 1.82) is 0 Å². The van der Waals surface area contributed by atoms with Gasteiger partial charge in [0.2, 0.25) is 0 Å². The molecule has 29 heavy (non-hydrogen) atoms. The van der Waals surface area contributed by atoms with Gasteiger partial charge in [0.05, 0.1) is 6.61 Å². The minimum atomic E-state index is 0.761. The summed E-state index contributed by atoms with van der Waals surface area (Å²) >= 11 is 0. The predicted octanol–water partition coefficient (Wildman–Crippen LogP) is 8.28. The molecule has 0 unspecified atom stereocenters. The molecule has 2 aromatic carbocycles. The molecular weight excluding hydrogens is 354 g/mol. The predicted molar refractivity (Wildman–Crippen MR) is 132 cm³/mol. The second kappa shape index (κ2) is 17.4. The number of benzene rings is 2. The zero-order chi connectivity index (χ0) is 21.9. The van der Waals surface area contributed by atoms with Gasteiger partial charge in [0.15, 0.2) is 0 Å². The molecule has 2 heteroatoms. The average Bonchev–Trinajstić information content (AvgIpc) is 2.78. The Balaban J connectivity index is 0.00000184. The molecule has 0 amide bonds. The van der Waals surface area contributed by atoms with Crippen molar-refractivity contribution in [2.45, 2.75) is 54.4 Å². The Morgan fingerprint density at radius 2 is 1.45 bits per heavy atom. The Morgan fingerprint density at radius 3 is 1.97 bits per heavy atom. The highest BCUT2D eigenvalue weighted by molar-refractivity contribution is 5.67. The molecule has 0 saturated heterocycles. The number of nitrogen functional groups attached to an aromatic ring is 1. The average molecular weight is 394 g/mol. The quantitative estimate of drug-likeness (QED) is 0.212. The largest absolute Gasteiger partial charge is 0.494 e. The summed E-state index contributed by atoms with van der Waals surface area (Å²) in [6.45, 7) is 12.9. The Labute approximate surface area is 178 Å². The van der Waals surface area contributed by atoms with Gasteiger partial charge in [-0.3, -0.25) is 0 Å². The molecule has 0 aliphatic heterocycles. The number of hydrogen-bond acceptors (Lipinski definition) is 2. The molecule has 0 radical (unpaired) electrons. The number of anilines is 1. The van der Waals surface area contributed by atoms with Gasteiger partial charge in [-0.15, -0.1) is 0 Å². The molecule has 0 aliphatic rings. The maximum Gasteiger partial charge on any atom is 0.118 e. The molecule has 0 aliphatic carbocycles. The van der Waals surface area contributed by atoms with E-state index in [9.17, 15) is 0 Å². The van der Waals surface area contributed by atoms with Crippen molar-refractivity contribution in [3.63, 3.8) is 0 Å². The number of allylic oxidation sites excluding steroid dienone is 4. The van der Waals surface area contributed by atoms with Crippen LogP contribution in [0, 0.1) is 0 Å². The van der Waals surface area contributed by atoms with Crippen LogP contribution in [-0.4, -0.2) is 6.61 Å². The lowest BCUT2D eigenvalue weighted by atomic mass is 10.0. The number of nitrogens with two attached hydrogens (primary N) is 1. The molecule has 0 atom stereocenters. The fourth-order valence-electron chi connectivity index (χ4n) is 2.37. The van der Waals surface area contributed by atoms with Crippen molar-refractivity contribution in [2.75, 3.05) is 12.3 Å². The van der Waals surface area contributed by atoms with Crippen LogP contribution < -0.4 is 5.73 Å². The van der Waals surface area contributed by atoms with Gasteiger partial charge in [-0.25, -0.2) is 0 Å². The van der Waals surface area contributed by atoms with Gasteiger partial charge < -0.3 is 10.5 Å². The van der Waals surface area contributed by atoms with Crippen LogP contribution >= 0.6 is 0 Å². The Bertz CT molecular complexity index is 722. The van der Waals surface area contributed by atoms with Crippen molar-refractivity contribution in [3.8, 4) is 11.1 Å². The lowest BCUT2D eigenvalue weighted by Crippen LogP contribution is -1.92. The zero-order valence-corrected chi connectivity index (χ0v) is 19.1. The van der Waals surface area contributed by atoms with E-state index < -0.39 is 0 Å². The second-order valence-corrected chi connectivity index (χ2v) is 5.87. The van der Waals surface area contributed by atoms with E-state index in [2.05, 4.69) is 37.3 Å². The highest BCUT2D eigenvalue weighted by Crippen LogP contribution is 2.21. The molecule has 0 heterocycles. The van der Waals surface area contributed by atoms with Gasteiger partial charge in [0.25, 0.3) is 0 Å². The van der Waals surface area contributed by atoms with Crippen LogP contribution in [0.5, 0.6) is 0 Å². The first kappa shape index (κ1) is 26.3. The van der Waals surface area contributed by atoms with Crippen molar-refractivity contribution < 1.29 is 4.74 Å². The highest BCUT2D eigenvalue weighted by Gasteiger charge is 1.97. The molecule has 0 bridgehead atoms. The standard InChI is InChI=1S/C23H27NO.2C2H6/c1-3-5-18-25-23(7-4-2)9-6-8-19-10-12-20(13-11-19)21-14-16-22(24)17-15-21;2*1-2/h4,6-17H,3,5,18,24H2,1-2H3;2*1-2H3/b7-4-,8-6+,23-9+;;. The summed E-state index contributed by atoms with van der Waals surface area (Å²) in [6.07, 6.45) is 12.3. The molecule has 2 aromatic rings. The number of unbranched alkanes of at least 4 members (excludes halogenated alkanes) is 1. The molecule has 2 nitrogen and oxygen atoms in total. The van der Waals surface area contributed by atoms with E-state index in [1.54, 1.807) is 0 Å². The summed E-state index contributed by atoms with van der Waals surface area (Å²) < 4.78 is 5.76. The van der Waals surface area contributed by atoms with Crippen LogP contribution in [0.4, 0.5) is 5.69 Å². The van der Waals surface area contributed by atoms with Gasteiger partial charge in [-0.05, 0) is 54.3 Å². The van der Waals surface area contributed by atoms with Crippen LogP contribution in [0.25, 0.3) is 17.2 Å². The summed E-state index contributed by atoms with van der Waals surface area (Å²) in [4.78, 5) is 0. The normalized spacial score (nSPS) is 10.9. The van der Waals surface area contributed by atoms with Crippen LogP contribution in [0.2, 0.25) is 0 Å². The number of ether oxygens (including phenoxy) is 1. The van der Waals surface area contributed by atoms with Gasteiger partial charge >= 0.3 is 0 Å². The maximum atomic E-state index is 5.76. The number of rotatable bonds is 8. The van der Waals surface area contributed by atoms with Gasteiger partial charge in [-0.1, -0.05) is 95.7 Å². The van der Waals surface area contributed by atoms with Crippen molar-refractivity contribution in [1.82, 2.24) is 0 Å². The highest BCUT2D eigenvalue weighted by atomic mass is 16.5. The molecule has 0 saturated carbocycles. The maximum absolute atomic E-state index is 5.76. The smallest absolute Gasteiger partial charge is 0.118 e. The van der Waals surface area contributed by atoms with E-state index in [1.807, 2.05) is 83.2 Å². The number of hydrogen-bond donors (Lipinski definition) is 1. The minimum Gasteiger partial charge on any atom is -0.494 e. The van der Waals surface area contributed by atoms with Crippen LogP contribution in [0.3, 0.4) is 0 Å². The Hall–Kier alpha value is -2.74. The zero-order valence-electron chi connectivity index (χ0n) is 19.1. The molecule has 2 N–H and O–H groups in total. The molecule has 0 spiro atoms. The first-order chi connectivity index (χ1) is 14.2. The third kappa shape index (κ3) is 11.0. The van der Waals surface area contributed by atoms with Gasteiger partial charge in [0.1, 0.15) is 5.76 Å².